The fourth-order valence-corrected chi connectivity index (χ4v) is 2.78. The van der Waals surface area contributed by atoms with Gasteiger partial charge in [0.15, 0.2) is 0 Å². The summed E-state index contributed by atoms with van der Waals surface area (Å²) in [5, 5.41) is 1.03. The van der Waals surface area contributed by atoms with Crippen LogP contribution in [0.5, 0.6) is 0 Å². The molecule has 23 heavy (non-hydrogen) atoms. The number of carbonyl (C=O) groups excluding carboxylic acids is 1. The molecule has 122 valence electrons. The number of fused-ring (bicyclic) bond motifs is 1. The average molecular weight is 328 g/mol. The van der Waals surface area contributed by atoms with Gasteiger partial charge in [-0.3, -0.25) is 4.57 Å². The van der Waals surface area contributed by atoms with Crippen LogP contribution in [0.15, 0.2) is 30.5 Å². The Hall–Kier alpha value is -1.99. The highest BCUT2D eigenvalue weighted by atomic mass is 28.3. The Morgan fingerprint density at radius 3 is 2.52 bits per heavy atom. The average Bonchev–Trinajstić information content (AvgIpc) is 2.78. The number of nitrogens with zero attached hydrogens (tertiary/aromatic N) is 1. The van der Waals surface area contributed by atoms with Gasteiger partial charge in [0.2, 0.25) is 0 Å². The molecule has 0 aliphatic rings. The van der Waals surface area contributed by atoms with Gasteiger partial charge in [0.1, 0.15) is 13.7 Å². The minimum Gasteiger partial charge on any atom is -0.443 e. The summed E-state index contributed by atoms with van der Waals surface area (Å²) in [7, 11) is -1.35. The lowest BCUT2D eigenvalue weighted by molar-refractivity contribution is 0.0544. The second-order valence-electron chi connectivity index (χ2n) is 7.79. The molecule has 0 aliphatic heterocycles. The van der Waals surface area contributed by atoms with Crippen LogP contribution in [0, 0.1) is 11.5 Å². The van der Waals surface area contributed by atoms with Crippen molar-refractivity contribution in [3.05, 3.63) is 36.0 Å². The molecule has 1 aromatic carbocycles. The molecule has 0 N–H and O–H groups in total. The molecule has 0 atom stereocenters. The van der Waals surface area contributed by atoms with E-state index in [-0.39, 0.29) is 6.09 Å². The summed E-state index contributed by atoms with van der Waals surface area (Å²) in [6.45, 7) is 12.3. The third-order valence-electron chi connectivity index (χ3n) is 3.10. The van der Waals surface area contributed by atoms with Crippen LogP contribution in [0.4, 0.5) is 4.79 Å². The molecule has 2 aromatic rings. The van der Waals surface area contributed by atoms with Gasteiger partial charge >= 0.3 is 6.09 Å². The van der Waals surface area contributed by atoms with E-state index in [0.717, 1.165) is 16.5 Å². The highest BCUT2D eigenvalue weighted by molar-refractivity contribution is 6.83. The summed E-state index contributed by atoms with van der Waals surface area (Å²) < 4.78 is 7.02. The molecule has 0 unspecified atom stereocenters. The van der Waals surface area contributed by atoms with E-state index in [0.29, 0.717) is 6.42 Å². The number of carbonyl (C=O) groups is 1. The Labute approximate surface area is 139 Å². The summed E-state index contributed by atoms with van der Waals surface area (Å²) >= 11 is 0. The summed E-state index contributed by atoms with van der Waals surface area (Å²) in [5.74, 6) is 3.27. The third kappa shape index (κ3) is 5.00. The molecule has 0 bridgehead atoms. The molecule has 0 amide bonds. The molecule has 0 aliphatic carbocycles. The van der Waals surface area contributed by atoms with Crippen LogP contribution in [0.3, 0.4) is 0 Å². The standard InChI is InChI=1S/C19H25NO2Si/c1-19(2,3)22-18(21)20-12-11-16-10-9-15(14-17(16)20)8-7-13-23(4,5)6/h9-12,14H,8H2,1-6H3. The maximum atomic E-state index is 12.3. The first-order valence-corrected chi connectivity index (χ1v) is 11.4. The molecule has 0 fully saturated rings. The number of benzene rings is 1. The van der Waals surface area contributed by atoms with Gasteiger partial charge in [0.05, 0.1) is 5.52 Å². The van der Waals surface area contributed by atoms with Crippen molar-refractivity contribution in [3.63, 3.8) is 0 Å². The lowest BCUT2D eigenvalue weighted by atomic mass is 10.1. The van der Waals surface area contributed by atoms with Crippen LogP contribution in [0.25, 0.3) is 10.9 Å². The third-order valence-corrected chi connectivity index (χ3v) is 4.03. The van der Waals surface area contributed by atoms with Gasteiger partial charge in [-0.2, -0.15) is 0 Å². The predicted octanol–water partition coefficient (Wildman–Crippen LogP) is 4.85. The minimum atomic E-state index is -1.35. The first-order chi connectivity index (χ1) is 10.6. The number of rotatable bonds is 1. The zero-order valence-electron chi connectivity index (χ0n) is 14.9. The zero-order chi connectivity index (χ0) is 17.3. The lowest BCUT2D eigenvalue weighted by Crippen LogP contribution is -2.26. The quantitative estimate of drug-likeness (QED) is 0.554. The van der Waals surface area contributed by atoms with E-state index >= 15 is 0 Å². The second-order valence-corrected chi connectivity index (χ2v) is 12.5. The molecule has 2 rings (SSSR count). The van der Waals surface area contributed by atoms with E-state index in [2.05, 4.69) is 37.2 Å². The number of hydrogen-bond donors (Lipinski definition) is 0. The Bertz CT molecular complexity index is 780. The highest BCUT2D eigenvalue weighted by Crippen LogP contribution is 2.20. The van der Waals surface area contributed by atoms with Crippen LogP contribution in [0.2, 0.25) is 19.6 Å². The van der Waals surface area contributed by atoms with Crippen LogP contribution in [-0.2, 0) is 11.2 Å². The number of hydrogen-bond acceptors (Lipinski definition) is 2. The van der Waals surface area contributed by atoms with Crippen LogP contribution < -0.4 is 0 Å². The van der Waals surface area contributed by atoms with Gasteiger partial charge in [0, 0.05) is 18.0 Å². The Morgan fingerprint density at radius 1 is 1.22 bits per heavy atom. The summed E-state index contributed by atoms with van der Waals surface area (Å²) in [6, 6.07) is 8.05. The number of aromatic nitrogens is 1. The van der Waals surface area contributed by atoms with Crippen molar-refractivity contribution in [2.24, 2.45) is 0 Å². The van der Waals surface area contributed by atoms with Gasteiger partial charge in [-0.1, -0.05) is 31.8 Å². The van der Waals surface area contributed by atoms with E-state index in [1.54, 1.807) is 10.8 Å². The second kappa shape index (κ2) is 6.25. The van der Waals surface area contributed by atoms with Crippen molar-refractivity contribution in [2.75, 3.05) is 0 Å². The van der Waals surface area contributed by atoms with E-state index in [9.17, 15) is 4.79 Å². The van der Waals surface area contributed by atoms with Gasteiger partial charge in [-0.15, -0.1) is 11.5 Å². The molecule has 0 radical (unpaired) electrons. The Morgan fingerprint density at radius 2 is 1.91 bits per heavy atom. The largest absolute Gasteiger partial charge is 0.443 e. The lowest BCUT2D eigenvalue weighted by Gasteiger charge is -2.19. The molecular weight excluding hydrogens is 302 g/mol. The first kappa shape index (κ1) is 17.4. The van der Waals surface area contributed by atoms with Crippen LogP contribution in [-0.4, -0.2) is 24.3 Å². The first-order valence-electron chi connectivity index (χ1n) is 7.88. The predicted molar refractivity (Wildman–Crippen MR) is 98.4 cm³/mol. The summed E-state index contributed by atoms with van der Waals surface area (Å²) in [5.41, 5.74) is 4.85. The van der Waals surface area contributed by atoms with E-state index in [4.69, 9.17) is 4.74 Å². The molecule has 1 aromatic heterocycles. The molecule has 1 heterocycles. The van der Waals surface area contributed by atoms with Gasteiger partial charge in [0.25, 0.3) is 0 Å². The molecule has 3 nitrogen and oxygen atoms in total. The molecule has 4 heteroatoms. The topological polar surface area (TPSA) is 31.2 Å². The smallest absolute Gasteiger partial charge is 0.418 e. The van der Waals surface area contributed by atoms with E-state index in [1.165, 1.54) is 0 Å². The summed E-state index contributed by atoms with van der Waals surface area (Å²) in [4.78, 5) is 12.3. The van der Waals surface area contributed by atoms with E-state index < -0.39 is 13.7 Å². The summed E-state index contributed by atoms with van der Waals surface area (Å²) in [6.07, 6.45) is 2.12. The molecule has 0 saturated heterocycles. The zero-order valence-corrected chi connectivity index (χ0v) is 15.9. The van der Waals surface area contributed by atoms with Gasteiger partial charge < -0.3 is 4.74 Å². The van der Waals surface area contributed by atoms with Crippen molar-refractivity contribution in [2.45, 2.75) is 52.4 Å². The normalized spacial score (nSPS) is 11.9. The molecular formula is C19H25NO2Si. The van der Waals surface area contributed by atoms with Crippen molar-refractivity contribution in [1.29, 1.82) is 0 Å². The van der Waals surface area contributed by atoms with Gasteiger partial charge in [-0.05, 0) is 38.5 Å². The van der Waals surface area contributed by atoms with E-state index in [1.807, 2.05) is 39.0 Å². The van der Waals surface area contributed by atoms with Gasteiger partial charge in [-0.25, -0.2) is 4.79 Å². The molecule has 0 saturated carbocycles. The maximum absolute atomic E-state index is 12.3. The van der Waals surface area contributed by atoms with Crippen molar-refractivity contribution in [3.8, 4) is 11.5 Å². The van der Waals surface area contributed by atoms with Crippen LogP contribution in [0.1, 0.15) is 26.3 Å². The fraction of sp³-hybridized carbons (Fsp3) is 0.421. The highest BCUT2D eigenvalue weighted by Gasteiger charge is 2.19. The minimum absolute atomic E-state index is 0.349. The monoisotopic (exact) mass is 327 g/mol. The molecule has 0 spiro atoms. The SMILES string of the molecule is CC(C)(C)OC(=O)n1ccc2ccc(CC#C[Si](C)(C)C)cc21. The maximum Gasteiger partial charge on any atom is 0.418 e. The Balaban J connectivity index is 2.29. The van der Waals surface area contributed by atoms with Crippen molar-refractivity contribution < 1.29 is 9.53 Å². The fourth-order valence-electron chi connectivity index (χ4n) is 2.17. The van der Waals surface area contributed by atoms with Crippen LogP contribution >= 0.6 is 0 Å². The van der Waals surface area contributed by atoms with Crippen molar-refractivity contribution >= 4 is 25.1 Å². The number of ether oxygens (including phenoxy) is 1. The van der Waals surface area contributed by atoms with Crippen molar-refractivity contribution in [1.82, 2.24) is 4.57 Å². The Kier molecular flexibility index (Phi) is 4.72.